The van der Waals surface area contributed by atoms with Crippen LogP contribution in [0.2, 0.25) is 0 Å². The Labute approximate surface area is 66.3 Å². The van der Waals surface area contributed by atoms with Gasteiger partial charge in [-0.3, -0.25) is 0 Å². The molecule has 0 aliphatic carbocycles. The third-order valence-electron chi connectivity index (χ3n) is 1.41. The molecule has 1 unspecified atom stereocenters. The average Bonchev–Trinajstić information content (AvgIpc) is 1.98. The number of carbonyl (C=O) groups is 1. The minimum absolute atomic E-state index is 0.410. The highest BCUT2D eigenvalue weighted by Crippen LogP contribution is 2.06. The van der Waals surface area contributed by atoms with Gasteiger partial charge in [-0.25, -0.2) is 4.79 Å². The van der Waals surface area contributed by atoms with E-state index in [1.165, 1.54) is 0 Å². The molecule has 0 bridgehead atoms. The van der Waals surface area contributed by atoms with Crippen molar-refractivity contribution in [1.29, 1.82) is 0 Å². The molecule has 4 heteroatoms. The highest BCUT2D eigenvalue weighted by atomic mass is 16.7. The van der Waals surface area contributed by atoms with Crippen molar-refractivity contribution in [2.45, 2.75) is 32.8 Å². The van der Waals surface area contributed by atoms with Gasteiger partial charge in [0, 0.05) is 0 Å². The molecule has 0 aliphatic rings. The molecule has 0 amide bonds. The molecule has 0 aliphatic heterocycles. The molecule has 66 valence electrons. The lowest BCUT2D eigenvalue weighted by atomic mass is 10.1. The highest BCUT2D eigenvalue weighted by molar-refractivity contribution is 5.73. The first kappa shape index (κ1) is 10.4. The van der Waals surface area contributed by atoms with Gasteiger partial charge in [-0.2, -0.15) is 5.90 Å². The summed E-state index contributed by atoms with van der Waals surface area (Å²) >= 11 is 0. The Bertz CT molecular complexity index is 125. The van der Waals surface area contributed by atoms with Gasteiger partial charge in [-0.1, -0.05) is 13.8 Å². The second-order valence-corrected chi connectivity index (χ2v) is 2.92. The smallest absolute Gasteiger partial charge is 0.353 e. The van der Waals surface area contributed by atoms with Crippen LogP contribution in [-0.4, -0.2) is 17.2 Å². The lowest BCUT2D eigenvalue weighted by Crippen LogP contribution is -2.25. The van der Waals surface area contributed by atoms with Crippen molar-refractivity contribution in [3.63, 3.8) is 0 Å². The highest BCUT2D eigenvalue weighted by Gasteiger charge is 2.15. The molecule has 0 heterocycles. The topological polar surface area (TPSA) is 72.5 Å². The predicted octanol–water partition coefficient (Wildman–Crippen LogP) is 0.200. The maximum absolute atomic E-state index is 10.5. The maximum atomic E-state index is 10.5. The number of carbonyl (C=O) groups excluding carboxylic acids is 1. The Hall–Kier alpha value is -0.610. The van der Waals surface area contributed by atoms with Crippen LogP contribution in [-0.2, 0) is 9.63 Å². The Morgan fingerprint density at radius 1 is 1.55 bits per heavy atom. The molecule has 11 heavy (non-hydrogen) atoms. The van der Waals surface area contributed by atoms with Gasteiger partial charge in [-0.05, 0) is 18.8 Å². The zero-order valence-electron chi connectivity index (χ0n) is 6.91. The van der Waals surface area contributed by atoms with Crippen LogP contribution in [0.5, 0.6) is 0 Å². The SMILES string of the molecule is CC(C)CCC(O)C(=O)ON. The molecule has 0 rings (SSSR count). The van der Waals surface area contributed by atoms with Gasteiger partial charge in [0.1, 0.15) is 0 Å². The number of aliphatic hydroxyl groups excluding tert-OH is 1. The van der Waals surface area contributed by atoms with E-state index in [0.717, 1.165) is 6.42 Å². The molecular formula is C7H15NO3. The van der Waals surface area contributed by atoms with E-state index in [1.54, 1.807) is 0 Å². The molecule has 1 atom stereocenters. The molecule has 0 spiro atoms. The van der Waals surface area contributed by atoms with Crippen molar-refractivity contribution < 1.29 is 14.7 Å². The van der Waals surface area contributed by atoms with Crippen LogP contribution < -0.4 is 5.90 Å². The van der Waals surface area contributed by atoms with E-state index in [0.29, 0.717) is 12.3 Å². The summed E-state index contributed by atoms with van der Waals surface area (Å²) < 4.78 is 0. The third kappa shape index (κ3) is 4.75. The summed E-state index contributed by atoms with van der Waals surface area (Å²) in [7, 11) is 0. The maximum Gasteiger partial charge on any atom is 0.353 e. The van der Waals surface area contributed by atoms with Crippen molar-refractivity contribution in [2.24, 2.45) is 11.8 Å². The first-order valence-electron chi connectivity index (χ1n) is 3.66. The van der Waals surface area contributed by atoms with Gasteiger partial charge in [0.25, 0.3) is 0 Å². The molecule has 0 saturated heterocycles. The summed E-state index contributed by atoms with van der Waals surface area (Å²) in [6, 6.07) is 0. The summed E-state index contributed by atoms with van der Waals surface area (Å²) in [4.78, 5) is 14.4. The molecule has 4 nitrogen and oxygen atoms in total. The Morgan fingerprint density at radius 2 is 2.09 bits per heavy atom. The lowest BCUT2D eigenvalue weighted by molar-refractivity contribution is -0.154. The quantitative estimate of drug-likeness (QED) is 0.578. The van der Waals surface area contributed by atoms with E-state index in [1.807, 2.05) is 13.8 Å². The normalized spacial score (nSPS) is 13.2. The molecule has 0 aromatic heterocycles. The van der Waals surface area contributed by atoms with Crippen molar-refractivity contribution in [3.05, 3.63) is 0 Å². The van der Waals surface area contributed by atoms with Gasteiger partial charge in [0.2, 0.25) is 0 Å². The van der Waals surface area contributed by atoms with E-state index in [9.17, 15) is 4.79 Å². The fourth-order valence-electron chi connectivity index (χ4n) is 0.688. The molecule has 0 fully saturated rings. The average molecular weight is 161 g/mol. The predicted molar refractivity (Wildman–Crippen MR) is 40.4 cm³/mol. The largest absolute Gasteiger partial charge is 0.381 e. The molecule has 0 radical (unpaired) electrons. The van der Waals surface area contributed by atoms with Crippen molar-refractivity contribution in [3.8, 4) is 0 Å². The first-order valence-corrected chi connectivity index (χ1v) is 3.66. The van der Waals surface area contributed by atoms with Gasteiger partial charge >= 0.3 is 5.97 Å². The second kappa shape index (κ2) is 5.09. The summed E-state index contributed by atoms with van der Waals surface area (Å²) in [6.07, 6.45) is 0.131. The summed E-state index contributed by atoms with van der Waals surface area (Å²) in [5.41, 5.74) is 0. The third-order valence-corrected chi connectivity index (χ3v) is 1.41. The standard InChI is InChI=1S/C7H15NO3/c1-5(2)3-4-6(9)7(10)11-8/h5-6,9H,3-4,8H2,1-2H3. The Kier molecular flexibility index (Phi) is 4.81. The van der Waals surface area contributed by atoms with Gasteiger partial charge < -0.3 is 9.94 Å². The number of nitrogens with two attached hydrogens (primary N) is 1. The molecule has 0 aromatic rings. The summed E-state index contributed by atoms with van der Waals surface area (Å²) in [5.74, 6) is 4.28. The number of hydrogen-bond acceptors (Lipinski definition) is 4. The molecule has 0 aromatic carbocycles. The van der Waals surface area contributed by atoms with Gasteiger partial charge in [-0.15, -0.1) is 0 Å². The molecular weight excluding hydrogens is 146 g/mol. The number of rotatable bonds is 4. The van der Waals surface area contributed by atoms with Crippen LogP contribution in [0.4, 0.5) is 0 Å². The van der Waals surface area contributed by atoms with E-state index in [4.69, 9.17) is 5.11 Å². The Morgan fingerprint density at radius 3 is 2.45 bits per heavy atom. The first-order chi connectivity index (χ1) is 5.07. The van der Waals surface area contributed by atoms with Gasteiger partial charge in [0.15, 0.2) is 6.10 Å². The zero-order valence-corrected chi connectivity index (χ0v) is 6.91. The number of hydrogen-bond donors (Lipinski definition) is 2. The monoisotopic (exact) mass is 161 g/mol. The van der Waals surface area contributed by atoms with Crippen molar-refractivity contribution in [1.82, 2.24) is 0 Å². The summed E-state index contributed by atoms with van der Waals surface area (Å²) in [6.45, 7) is 4.03. The minimum atomic E-state index is -1.07. The van der Waals surface area contributed by atoms with E-state index >= 15 is 0 Å². The van der Waals surface area contributed by atoms with E-state index in [-0.39, 0.29) is 0 Å². The second-order valence-electron chi connectivity index (χ2n) is 2.92. The van der Waals surface area contributed by atoms with Crippen LogP contribution in [0.25, 0.3) is 0 Å². The fraction of sp³-hybridized carbons (Fsp3) is 0.857. The Balaban J connectivity index is 3.52. The van der Waals surface area contributed by atoms with Crippen LogP contribution in [0.3, 0.4) is 0 Å². The fourth-order valence-corrected chi connectivity index (χ4v) is 0.688. The van der Waals surface area contributed by atoms with Crippen molar-refractivity contribution >= 4 is 5.97 Å². The van der Waals surface area contributed by atoms with Crippen LogP contribution >= 0.6 is 0 Å². The minimum Gasteiger partial charge on any atom is -0.381 e. The van der Waals surface area contributed by atoms with Crippen LogP contribution in [0.15, 0.2) is 0 Å². The zero-order chi connectivity index (χ0) is 8.85. The van der Waals surface area contributed by atoms with Gasteiger partial charge in [0.05, 0.1) is 0 Å². The van der Waals surface area contributed by atoms with Crippen molar-refractivity contribution in [2.75, 3.05) is 0 Å². The van der Waals surface area contributed by atoms with E-state index in [2.05, 4.69) is 10.7 Å². The number of aliphatic hydroxyl groups is 1. The molecule has 3 N–H and O–H groups in total. The van der Waals surface area contributed by atoms with E-state index < -0.39 is 12.1 Å². The van der Waals surface area contributed by atoms with Crippen LogP contribution in [0, 0.1) is 5.92 Å². The van der Waals surface area contributed by atoms with Crippen LogP contribution in [0.1, 0.15) is 26.7 Å². The summed E-state index contributed by atoms with van der Waals surface area (Å²) in [5, 5.41) is 9.01. The molecule has 0 saturated carbocycles. The lowest BCUT2D eigenvalue weighted by Gasteiger charge is -2.08.